The van der Waals surface area contributed by atoms with E-state index in [1.54, 1.807) is 23.5 Å². The number of anilines is 1. The number of halogens is 1. The third-order valence-electron chi connectivity index (χ3n) is 6.88. The van der Waals surface area contributed by atoms with Crippen LogP contribution in [0, 0.1) is 11.7 Å². The van der Waals surface area contributed by atoms with Gasteiger partial charge in [-0.25, -0.2) is 4.39 Å². The maximum absolute atomic E-state index is 14.2. The minimum absolute atomic E-state index is 0.00196. The highest BCUT2D eigenvalue weighted by Crippen LogP contribution is 2.45. The van der Waals surface area contributed by atoms with Gasteiger partial charge in [-0.2, -0.15) is 0 Å². The molecule has 1 saturated heterocycles. The topological polar surface area (TPSA) is 43.9 Å². The summed E-state index contributed by atoms with van der Waals surface area (Å²) in [4.78, 5) is 34.8. The lowest BCUT2D eigenvalue weighted by molar-refractivity contribution is -0.135. The fourth-order valence-corrected chi connectivity index (χ4v) is 6.14. The normalized spacial score (nSPS) is 20.3. The van der Waals surface area contributed by atoms with Crippen LogP contribution in [0.1, 0.15) is 46.6 Å². The molecule has 0 aliphatic carbocycles. The van der Waals surface area contributed by atoms with E-state index in [1.165, 1.54) is 12.1 Å². The van der Waals surface area contributed by atoms with Crippen LogP contribution in [0.4, 0.5) is 10.1 Å². The van der Waals surface area contributed by atoms with Crippen molar-refractivity contribution in [3.63, 3.8) is 0 Å². The number of hydrogen-bond acceptors (Lipinski definition) is 4. The van der Waals surface area contributed by atoms with Gasteiger partial charge >= 0.3 is 0 Å². The van der Waals surface area contributed by atoms with E-state index in [-0.39, 0.29) is 29.6 Å². The second-order valence-electron chi connectivity index (χ2n) is 9.67. The number of rotatable bonds is 5. The van der Waals surface area contributed by atoms with Crippen LogP contribution in [0.2, 0.25) is 0 Å². The molecule has 0 saturated carbocycles. The molecule has 182 valence electrons. The molecule has 2 aromatic carbocycles. The molecule has 0 bridgehead atoms. The fourth-order valence-electron chi connectivity index (χ4n) is 5.26. The van der Waals surface area contributed by atoms with Crippen molar-refractivity contribution in [3.05, 3.63) is 87.9 Å². The Morgan fingerprint density at radius 1 is 1.00 bits per heavy atom. The summed E-state index contributed by atoms with van der Waals surface area (Å²) in [5, 5.41) is 2.01. The number of amides is 2. The monoisotopic (exact) mass is 491 g/mol. The highest BCUT2D eigenvalue weighted by molar-refractivity contribution is 7.10. The van der Waals surface area contributed by atoms with Gasteiger partial charge in [-0.1, -0.05) is 38.1 Å². The summed E-state index contributed by atoms with van der Waals surface area (Å²) in [6, 6.07) is 17.8. The summed E-state index contributed by atoms with van der Waals surface area (Å²) < 4.78 is 13.3. The van der Waals surface area contributed by atoms with E-state index < -0.39 is 5.92 Å². The largest absolute Gasteiger partial charge is 0.368 e. The maximum atomic E-state index is 14.2. The van der Waals surface area contributed by atoms with E-state index in [9.17, 15) is 14.0 Å². The van der Waals surface area contributed by atoms with Crippen molar-refractivity contribution in [1.29, 1.82) is 0 Å². The van der Waals surface area contributed by atoms with Gasteiger partial charge in [0.15, 0.2) is 0 Å². The summed E-state index contributed by atoms with van der Waals surface area (Å²) in [6.07, 6.45) is 0. The molecule has 0 spiro atoms. The fraction of sp³-hybridized carbons (Fsp3) is 0.357. The minimum atomic E-state index is -0.446. The van der Waals surface area contributed by atoms with Gasteiger partial charge < -0.3 is 14.7 Å². The number of hydrogen-bond donors (Lipinski definition) is 0. The zero-order chi connectivity index (χ0) is 24.5. The van der Waals surface area contributed by atoms with E-state index in [4.69, 9.17) is 0 Å². The Morgan fingerprint density at radius 3 is 2.37 bits per heavy atom. The standard InChI is InChI=1S/C28H30FN3O2S/c1-19(2)18-32-26(24-8-5-17-35-24)25(22-6-3-4-7-23(22)27(32)33)28(34)31-15-13-30(14-16-31)21-11-9-20(29)10-12-21/h3-12,17,19,25-26H,13-16,18H2,1-2H3. The molecule has 2 amide bonds. The Kier molecular flexibility index (Phi) is 6.60. The molecule has 1 aromatic heterocycles. The Balaban J connectivity index is 1.46. The zero-order valence-electron chi connectivity index (χ0n) is 20.1. The van der Waals surface area contributed by atoms with E-state index >= 15 is 0 Å². The third kappa shape index (κ3) is 4.57. The molecule has 2 aliphatic heterocycles. The third-order valence-corrected chi connectivity index (χ3v) is 7.83. The van der Waals surface area contributed by atoms with Crippen LogP contribution < -0.4 is 4.90 Å². The first kappa shape index (κ1) is 23.5. The average Bonchev–Trinajstić information content (AvgIpc) is 3.40. The van der Waals surface area contributed by atoms with Gasteiger partial charge in [0, 0.05) is 48.9 Å². The lowest BCUT2D eigenvalue weighted by atomic mass is 9.80. The molecular formula is C28H30FN3O2S. The Labute approximate surface area is 209 Å². The van der Waals surface area contributed by atoms with Crippen LogP contribution >= 0.6 is 11.3 Å². The molecule has 3 heterocycles. The minimum Gasteiger partial charge on any atom is -0.368 e. The smallest absolute Gasteiger partial charge is 0.254 e. The molecule has 2 atom stereocenters. The first-order valence-electron chi connectivity index (χ1n) is 12.2. The number of carbonyl (C=O) groups is 2. The molecule has 5 nitrogen and oxygen atoms in total. The van der Waals surface area contributed by atoms with Crippen LogP contribution in [0.5, 0.6) is 0 Å². The summed E-state index contributed by atoms with van der Waals surface area (Å²) >= 11 is 1.60. The molecule has 2 unspecified atom stereocenters. The van der Waals surface area contributed by atoms with Gasteiger partial charge in [-0.3, -0.25) is 9.59 Å². The van der Waals surface area contributed by atoms with Crippen molar-refractivity contribution in [1.82, 2.24) is 9.80 Å². The van der Waals surface area contributed by atoms with Crippen LogP contribution in [-0.4, -0.2) is 54.3 Å². The van der Waals surface area contributed by atoms with Gasteiger partial charge in [-0.15, -0.1) is 11.3 Å². The van der Waals surface area contributed by atoms with Crippen molar-refractivity contribution in [3.8, 4) is 0 Å². The number of nitrogens with zero attached hydrogens (tertiary/aromatic N) is 3. The molecule has 3 aromatic rings. The predicted molar refractivity (Wildman–Crippen MR) is 137 cm³/mol. The Hall–Kier alpha value is -3.19. The second-order valence-corrected chi connectivity index (χ2v) is 10.6. The maximum Gasteiger partial charge on any atom is 0.254 e. The SMILES string of the molecule is CC(C)CN1C(=O)c2ccccc2C(C(=O)N2CCN(c3ccc(F)cc3)CC2)C1c1cccs1. The van der Waals surface area contributed by atoms with Crippen LogP contribution in [0.3, 0.4) is 0 Å². The molecule has 0 radical (unpaired) electrons. The van der Waals surface area contributed by atoms with E-state index in [0.29, 0.717) is 38.3 Å². The van der Waals surface area contributed by atoms with Crippen LogP contribution in [0.25, 0.3) is 0 Å². The highest BCUT2D eigenvalue weighted by atomic mass is 32.1. The number of piperazine rings is 1. The first-order chi connectivity index (χ1) is 16.9. The van der Waals surface area contributed by atoms with Crippen molar-refractivity contribution in [2.24, 2.45) is 5.92 Å². The summed E-state index contributed by atoms with van der Waals surface area (Å²) in [5.41, 5.74) is 2.41. The lowest BCUT2D eigenvalue weighted by Gasteiger charge is -2.44. The molecule has 2 aliphatic rings. The zero-order valence-corrected chi connectivity index (χ0v) is 20.9. The predicted octanol–water partition coefficient (Wildman–Crippen LogP) is 5.17. The van der Waals surface area contributed by atoms with E-state index in [1.807, 2.05) is 51.6 Å². The van der Waals surface area contributed by atoms with Crippen LogP contribution in [-0.2, 0) is 4.79 Å². The molecule has 5 rings (SSSR count). The van der Waals surface area contributed by atoms with Crippen molar-refractivity contribution in [2.45, 2.75) is 25.8 Å². The van der Waals surface area contributed by atoms with Gasteiger partial charge in [0.05, 0.1) is 12.0 Å². The summed E-state index contributed by atoms with van der Waals surface area (Å²) in [7, 11) is 0. The molecule has 7 heteroatoms. The van der Waals surface area contributed by atoms with E-state index in [2.05, 4.69) is 18.7 Å². The summed E-state index contributed by atoms with van der Waals surface area (Å²) in [6.45, 7) is 7.34. The Morgan fingerprint density at radius 2 is 1.71 bits per heavy atom. The molecule has 35 heavy (non-hydrogen) atoms. The molecule has 0 N–H and O–H groups in total. The van der Waals surface area contributed by atoms with Gasteiger partial charge in [0.2, 0.25) is 5.91 Å². The Bertz CT molecular complexity index is 1190. The lowest BCUT2D eigenvalue weighted by Crippen LogP contribution is -2.53. The van der Waals surface area contributed by atoms with E-state index in [0.717, 1.165) is 16.1 Å². The second kappa shape index (κ2) is 9.82. The first-order valence-corrected chi connectivity index (χ1v) is 13.0. The summed E-state index contributed by atoms with van der Waals surface area (Å²) in [5.74, 6) is -0.354. The van der Waals surface area contributed by atoms with Crippen molar-refractivity contribution < 1.29 is 14.0 Å². The average molecular weight is 492 g/mol. The van der Waals surface area contributed by atoms with Crippen molar-refractivity contribution in [2.75, 3.05) is 37.6 Å². The van der Waals surface area contributed by atoms with Gasteiger partial charge in [0.1, 0.15) is 5.82 Å². The van der Waals surface area contributed by atoms with Gasteiger partial charge in [0.25, 0.3) is 5.91 Å². The van der Waals surface area contributed by atoms with Crippen LogP contribution in [0.15, 0.2) is 66.0 Å². The highest BCUT2D eigenvalue weighted by Gasteiger charge is 2.46. The van der Waals surface area contributed by atoms with Crippen molar-refractivity contribution >= 4 is 28.8 Å². The number of thiophene rings is 1. The quantitative estimate of drug-likeness (QED) is 0.495. The number of carbonyl (C=O) groups excluding carboxylic acids is 2. The van der Waals surface area contributed by atoms with Gasteiger partial charge in [-0.05, 0) is 53.3 Å². The molecule has 1 fully saturated rings. The molecular weight excluding hydrogens is 461 g/mol. The number of fused-ring (bicyclic) bond motifs is 1. The number of benzene rings is 2.